The number of carbonyl (C=O) groups is 1. The van der Waals surface area contributed by atoms with E-state index in [4.69, 9.17) is 15.2 Å². The Bertz CT molecular complexity index is 361. The van der Waals surface area contributed by atoms with Gasteiger partial charge in [-0.15, -0.1) is 0 Å². The number of pyridine rings is 1. The van der Waals surface area contributed by atoms with E-state index in [0.717, 1.165) is 6.42 Å². The molecular weight excluding hydrogens is 196 g/mol. The molecule has 1 fully saturated rings. The summed E-state index contributed by atoms with van der Waals surface area (Å²) in [4.78, 5) is 14.9. The van der Waals surface area contributed by atoms with Gasteiger partial charge in [-0.2, -0.15) is 0 Å². The third-order valence-electron chi connectivity index (χ3n) is 2.23. The van der Waals surface area contributed by atoms with Gasteiger partial charge in [0.1, 0.15) is 11.9 Å². The van der Waals surface area contributed by atoms with Crippen LogP contribution in [0.5, 0.6) is 5.75 Å². The first kappa shape index (κ1) is 9.92. The normalized spacial score (nSPS) is 20.1. The third-order valence-corrected chi connectivity index (χ3v) is 2.23. The van der Waals surface area contributed by atoms with Crippen LogP contribution in [0.25, 0.3) is 0 Å². The summed E-state index contributed by atoms with van der Waals surface area (Å²) in [5.41, 5.74) is 5.51. The molecule has 80 valence electrons. The fourth-order valence-corrected chi connectivity index (χ4v) is 1.45. The second-order valence-corrected chi connectivity index (χ2v) is 3.34. The molecule has 1 saturated heterocycles. The first-order valence-electron chi connectivity index (χ1n) is 4.75. The molecule has 5 nitrogen and oxygen atoms in total. The highest BCUT2D eigenvalue weighted by atomic mass is 16.5. The van der Waals surface area contributed by atoms with Gasteiger partial charge in [0, 0.05) is 18.8 Å². The molecule has 0 saturated carbocycles. The van der Waals surface area contributed by atoms with Gasteiger partial charge in [-0.05, 0) is 6.07 Å². The molecular formula is C10H12N2O3. The number of primary amides is 1. The highest BCUT2D eigenvalue weighted by Gasteiger charge is 2.19. The van der Waals surface area contributed by atoms with Crippen LogP contribution >= 0.6 is 0 Å². The van der Waals surface area contributed by atoms with Crippen molar-refractivity contribution >= 4 is 5.91 Å². The summed E-state index contributed by atoms with van der Waals surface area (Å²) in [7, 11) is 0. The lowest BCUT2D eigenvalue weighted by Crippen LogP contribution is -2.19. The zero-order valence-corrected chi connectivity index (χ0v) is 8.18. The zero-order chi connectivity index (χ0) is 10.7. The van der Waals surface area contributed by atoms with Crippen molar-refractivity contribution < 1.29 is 14.3 Å². The summed E-state index contributed by atoms with van der Waals surface area (Å²) < 4.78 is 10.8. The van der Waals surface area contributed by atoms with Crippen LogP contribution in [-0.2, 0) is 4.74 Å². The number of aromatic nitrogens is 1. The van der Waals surface area contributed by atoms with Crippen LogP contribution in [0, 0.1) is 0 Å². The molecule has 0 aromatic carbocycles. The molecule has 5 heteroatoms. The molecule has 1 aromatic rings. The second kappa shape index (κ2) is 4.27. The molecule has 15 heavy (non-hydrogen) atoms. The second-order valence-electron chi connectivity index (χ2n) is 3.34. The zero-order valence-electron chi connectivity index (χ0n) is 8.18. The van der Waals surface area contributed by atoms with E-state index in [1.165, 1.54) is 6.20 Å². The van der Waals surface area contributed by atoms with E-state index >= 15 is 0 Å². The van der Waals surface area contributed by atoms with E-state index in [1.54, 1.807) is 12.3 Å². The highest BCUT2D eigenvalue weighted by Crippen LogP contribution is 2.20. The van der Waals surface area contributed by atoms with E-state index in [2.05, 4.69) is 4.98 Å². The van der Waals surface area contributed by atoms with E-state index in [1.807, 2.05) is 0 Å². The number of nitrogens with zero attached hydrogens (tertiary/aromatic N) is 1. The number of amides is 1. The Hall–Kier alpha value is -1.62. The summed E-state index contributed by atoms with van der Waals surface area (Å²) in [5, 5.41) is 0. The number of nitrogens with two attached hydrogens (primary N) is 1. The molecule has 1 aromatic heterocycles. The summed E-state index contributed by atoms with van der Waals surface area (Å²) in [6, 6.07) is 1.64. The highest BCUT2D eigenvalue weighted by molar-refractivity contribution is 5.95. The van der Waals surface area contributed by atoms with Crippen LogP contribution in [0.15, 0.2) is 18.5 Å². The lowest BCUT2D eigenvalue weighted by atomic mass is 10.2. The van der Waals surface area contributed by atoms with Gasteiger partial charge in [-0.1, -0.05) is 0 Å². The van der Waals surface area contributed by atoms with Crippen LogP contribution in [0.1, 0.15) is 16.8 Å². The lowest BCUT2D eigenvalue weighted by molar-refractivity contribution is 0.0988. The minimum absolute atomic E-state index is 0.00509. The molecule has 2 heterocycles. The minimum Gasteiger partial charge on any atom is -0.487 e. The molecule has 1 unspecified atom stereocenters. The maximum absolute atomic E-state index is 11.1. The quantitative estimate of drug-likeness (QED) is 0.777. The molecule has 0 spiro atoms. The predicted molar refractivity (Wildman–Crippen MR) is 52.6 cm³/mol. The monoisotopic (exact) mass is 208 g/mol. The summed E-state index contributed by atoms with van der Waals surface area (Å²) >= 11 is 0. The van der Waals surface area contributed by atoms with Gasteiger partial charge in [0.15, 0.2) is 0 Å². The molecule has 0 aliphatic carbocycles. The Labute approximate surface area is 87.2 Å². The van der Waals surface area contributed by atoms with Crippen LogP contribution in [0.3, 0.4) is 0 Å². The maximum Gasteiger partial charge on any atom is 0.254 e. The Morgan fingerprint density at radius 1 is 1.67 bits per heavy atom. The topological polar surface area (TPSA) is 74.4 Å². The van der Waals surface area contributed by atoms with Gasteiger partial charge >= 0.3 is 0 Å². The molecule has 1 atom stereocenters. The molecule has 1 aliphatic rings. The van der Waals surface area contributed by atoms with E-state index in [0.29, 0.717) is 24.5 Å². The number of hydrogen-bond acceptors (Lipinski definition) is 4. The number of rotatable bonds is 3. The molecule has 2 rings (SSSR count). The number of ether oxygens (including phenoxy) is 2. The van der Waals surface area contributed by atoms with E-state index in [-0.39, 0.29) is 6.10 Å². The maximum atomic E-state index is 11.1. The van der Waals surface area contributed by atoms with Gasteiger partial charge in [-0.25, -0.2) is 0 Å². The van der Waals surface area contributed by atoms with Crippen molar-refractivity contribution in [2.75, 3.05) is 13.2 Å². The van der Waals surface area contributed by atoms with Crippen LogP contribution in [0.2, 0.25) is 0 Å². The van der Waals surface area contributed by atoms with Crippen molar-refractivity contribution in [2.24, 2.45) is 5.73 Å². The van der Waals surface area contributed by atoms with Crippen molar-refractivity contribution in [3.8, 4) is 5.75 Å². The van der Waals surface area contributed by atoms with Crippen molar-refractivity contribution in [3.05, 3.63) is 24.0 Å². The summed E-state index contributed by atoms with van der Waals surface area (Å²) in [6.07, 6.45) is 3.82. The standard InChI is InChI=1S/C10H12N2O3/c11-10(13)8-5-12-3-1-9(8)15-7-2-4-14-6-7/h1,3,5,7H,2,4,6H2,(H2,11,13). The minimum atomic E-state index is -0.531. The fraction of sp³-hybridized carbons (Fsp3) is 0.400. The van der Waals surface area contributed by atoms with Crippen LogP contribution in [0.4, 0.5) is 0 Å². The number of hydrogen-bond donors (Lipinski definition) is 1. The van der Waals surface area contributed by atoms with Crippen molar-refractivity contribution in [3.63, 3.8) is 0 Å². The lowest BCUT2D eigenvalue weighted by Gasteiger charge is -2.13. The summed E-state index contributed by atoms with van der Waals surface area (Å²) in [6.45, 7) is 1.25. The Balaban J connectivity index is 2.15. The summed E-state index contributed by atoms with van der Waals surface area (Å²) in [5.74, 6) is -0.0509. The van der Waals surface area contributed by atoms with Crippen molar-refractivity contribution in [2.45, 2.75) is 12.5 Å². The van der Waals surface area contributed by atoms with Gasteiger partial charge in [0.25, 0.3) is 5.91 Å². The van der Waals surface area contributed by atoms with E-state index in [9.17, 15) is 4.79 Å². The largest absolute Gasteiger partial charge is 0.487 e. The van der Waals surface area contributed by atoms with Crippen LogP contribution in [-0.4, -0.2) is 30.2 Å². The average molecular weight is 208 g/mol. The molecule has 0 bridgehead atoms. The van der Waals surface area contributed by atoms with Gasteiger partial charge in [-0.3, -0.25) is 9.78 Å². The smallest absolute Gasteiger partial charge is 0.254 e. The Morgan fingerprint density at radius 3 is 3.20 bits per heavy atom. The average Bonchev–Trinajstić information content (AvgIpc) is 2.71. The number of carbonyl (C=O) groups excluding carboxylic acids is 1. The van der Waals surface area contributed by atoms with E-state index < -0.39 is 5.91 Å². The fourth-order valence-electron chi connectivity index (χ4n) is 1.45. The van der Waals surface area contributed by atoms with Gasteiger partial charge in [0.2, 0.25) is 0 Å². The SMILES string of the molecule is NC(=O)c1cnccc1OC1CCOC1. The molecule has 1 aliphatic heterocycles. The molecule has 1 amide bonds. The van der Waals surface area contributed by atoms with Crippen molar-refractivity contribution in [1.82, 2.24) is 4.98 Å². The molecule has 2 N–H and O–H groups in total. The predicted octanol–water partition coefficient (Wildman–Crippen LogP) is 0.348. The van der Waals surface area contributed by atoms with Gasteiger partial charge in [0.05, 0.1) is 18.8 Å². The first-order valence-corrected chi connectivity index (χ1v) is 4.75. The molecule has 0 radical (unpaired) electrons. The first-order chi connectivity index (χ1) is 7.27. The third kappa shape index (κ3) is 2.24. The Kier molecular flexibility index (Phi) is 2.82. The van der Waals surface area contributed by atoms with Crippen molar-refractivity contribution in [1.29, 1.82) is 0 Å². The van der Waals surface area contributed by atoms with Gasteiger partial charge < -0.3 is 15.2 Å². The Morgan fingerprint density at radius 2 is 2.53 bits per heavy atom. The van der Waals surface area contributed by atoms with Crippen LogP contribution < -0.4 is 10.5 Å².